The number of pyridine rings is 1. The van der Waals surface area contributed by atoms with E-state index < -0.39 is 12.1 Å². The van der Waals surface area contributed by atoms with Crippen molar-refractivity contribution in [2.24, 2.45) is 0 Å². The molecule has 0 radical (unpaired) electrons. The Morgan fingerprint density at radius 3 is 3.00 bits per heavy atom. The highest BCUT2D eigenvalue weighted by atomic mass is 16.5. The van der Waals surface area contributed by atoms with E-state index in [0.717, 1.165) is 11.1 Å². The van der Waals surface area contributed by atoms with Gasteiger partial charge in [-0.3, -0.25) is 4.98 Å². The number of rotatable bonds is 2. The standard InChI is InChI=1S/C16H15N3O3/c1-10-8-19(9-14(22-10)16(20)21)13-6-5-12(17-2)15-11(13)4-3-7-18-15/h3-7,10,14H,8-9H2,1H3,(H,20,21)/t10-,14-/m1/s1. The Labute approximate surface area is 127 Å². The van der Waals surface area contributed by atoms with E-state index in [2.05, 4.69) is 9.83 Å². The summed E-state index contributed by atoms with van der Waals surface area (Å²) in [4.78, 5) is 21.0. The summed E-state index contributed by atoms with van der Waals surface area (Å²) in [5.74, 6) is -0.961. The first-order valence-electron chi connectivity index (χ1n) is 6.98. The smallest absolute Gasteiger partial charge is 0.334 e. The Morgan fingerprint density at radius 1 is 1.45 bits per heavy atom. The average Bonchev–Trinajstić information content (AvgIpc) is 2.53. The van der Waals surface area contributed by atoms with Gasteiger partial charge in [0, 0.05) is 23.8 Å². The normalized spacial score (nSPS) is 21.5. The largest absolute Gasteiger partial charge is 0.479 e. The van der Waals surface area contributed by atoms with Crippen molar-refractivity contribution in [1.29, 1.82) is 0 Å². The summed E-state index contributed by atoms with van der Waals surface area (Å²) in [6, 6.07) is 7.31. The number of aromatic nitrogens is 1. The molecule has 2 heterocycles. The Morgan fingerprint density at radius 2 is 2.27 bits per heavy atom. The number of ether oxygens (including phenoxy) is 1. The van der Waals surface area contributed by atoms with Crippen molar-refractivity contribution in [1.82, 2.24) is 4.98 Å². The molecule has 6 nitrogen and oxygen atoms in total. The summed E-state index contributed by atoms with van der Waals surface area (Å²) in [6.45, 7) is 9.97. The van der Waals surface area contributed by atoms with Crippen LogP contribution in [0.5, 0.6) is 0 Å². The van der Waals surface area contributed by atoms with Gasteiger partial charge in [0.15, 0.2) is 6.10 Å². The Hall–Kier alpha value is -2.65. The van der Waals surface area contributed by atoms with Crippen molar-refractivity contribution in [3.05, 3.63) is 41.9 Å². The van der Waals surface area contributed by atoms with Gasteiger partial charge in [-0.15, -0.1) is 0 Å². The molecule has 1 fully saturated rings. The van der Waals surface area contributed by atoms with Crippen LogP contribution in [0.4, 0.5) is 11.4 Å². The number of morpholine rings is 1. The van der Waals surface area contributed by atoms with E-state index in [1.165, 1.54) is 0 Å². The molecule has 0 aliphatic carbocycles. The fourth-order valence-electron chi connectivity index (χ4n) is 2.79. The molecule has 2 atom stereocenters. The van der Waals surface area contributed by atoms with Crippen LogP contribution < -0.4 is 4.90 Å². The second-order valence-electron chi connectivity index (χ2n) is 5.29. The van der Waals surface area contributed by atoms with E-state index >= 15 is 0 Å². The molecule has 1 aromatic carbocycles. The molecule has 0 unspecified atom stereocenters. The number of carbonyl (C=O) groups is 1. The summed E-state index contributed by atoms with van der Waals surface area (Å²) < 4.78 is 5.45. The highest BCUT2D eigenvalue weighted by Gasteiger charge is 2.31. The fourth-order valence-corrected chi connectivity index (χ4v) is 2.79. The molecule has 1 N–H and O–H groups in total. The van der Waals surface area contributed by atoms with Gasteiger partial charge in [0.25, 0.3) is 0 Å². The van der Waals surface area contributed by atoms with Crippen molar-refractivity contribution >= 4 is 28.2 Å². The van der Waals surface area contributed by atoms with Gasteiger partial charge in [-0.05, 0) is 19.1 Å². The molecule has 1 aliphatic heterocycles. The third-order valence-corrected chi connectivity index (χ3v) is 3.72. The maximum Gasteiger partial charge on any atom is 0.334 e. The number of benzene rings is 1. The monoisotopic (exact) mass is 297 g/mol. The van der Waals surface area contributed by atoms with Gasteiger partial charge in [-0.1, -0.05) is 12.1 Å². The molecule has 1 aliphatic rings. The Bertz CT molecular complexity index is 769. The lowest BCUT2D eigenvalue weighted by molar-refractivity contribution is -0.154. The van der Waals surface area contributed by atoms with E-state index in [4.69, 9.17) is 11.3 Å². The first-order valence-corrected chi connectivity index (χ1v) is 6.98. The first kappa shape index (κ1) is 14.3. The number of fused-ring (bicyclic) bond motifs is 1. The lowest BCUT2D eigenvalue weighted by atomic mass is 10.1. The van der Waals surface area contributed by atoms with Crippen LogP contribution in [0.2, 0.25) is 0 Å². The molecule has 0 saturated carbocycles. The van der Waals surface area contributed by atoms with Crippen molar-refractivity contribution in [2.45, 2.75) is 19.1 Å². The summed E-state index contributed by atoms with van der Waals surface area (Å²) in [5, 5.41) is 10.1. The van der Waals surface area contributed by atoms with Crippen LogP contribution in [0, 0.1) is 6.57 Å². The van der Waals surface area contributed by atoms with Crippen LogP contribution in [0.1, 0.15) is 6.92 Å². The number of carboxylic acid groups (broad SMARTS) is 1. The highest BCUT2D eigenvalue weighted by Crippen LogP contribution is 2.33. The number of nitrogens with zero attached hydrogens (tertiary/aromatic N) is 3. The van der Waals surface area contributed by atoms with Crippen molar-refractivity contribution in [3.8, 4) is 0 Å². The molecule has 6 heteroatoms. The minimum absolute atomic E-state index is 0.179. The lowest BCUT2D eigenvalue weighted by Crippen LogP contribution is -2.49. The van der Waals surface area contributed by atoms with Gasteiger partial charge in [0.2, 0.25) is 5.69 Å². The molecule has 3 rings (SSSR count). The predicted octanol–water partition coefficient (Wildman–Crippen LogP) is 2.46. The van der Waals surface area contributed by atoms with Gasteiger partial charge in [-0.2, -0.15) is 0 Å². The van der Waals surface area contributed by atoms with Crippen LogP contribution in [0.3, 0.4) is 0 Å². The number of hydrogen-bond acceptors (Lipinski definition) is 4. The fraction of sp³-hybridized carbons (Fsp3) is 0.312. The topological polar surface area (TPSA) is 67.0 Å². The van der Waals surface area contributed by atoms with E-state index in [1.807, 2.05) is 30.0 Å². The van der Waals surface area contributed by atoms with Crippen LogP contribution in [-0.2, 0) is 9.53 Å². The first-order chi connectivity index (χ1) is 10.6. The molecule has 0 spiro atoms. The van der Waals surface area contributed by atoms with Gasteiger partial charge < -0.3 is 14.7 Å². The Balaban J connectivity index is 2.07. The third-order valence-electron chi connectivity index (χ3n) is 3.72. The molecule has 1 aromatic heterocycles. The van der Waals surface area contributed by atoms with E-state index in [1.54, 1.807) is 12.3 Å². The van der Waals surface area contributed by atoms with Crippen molar-refractivity contribution in [2.75, 3.05) is 18.0 Å². The number of hydrogen-bond donors (Lipinski definition) is 1. The summed E-state index contributed by atoms with van der Waals surface area (Å²) >= 11 is 0. The van der Waals surface area contributed by atoms with Crippen LogP contribution in [0.15, 0.2) is 30.5 Å². The van der Waals surface area contributed by atoms with Gasteiger partial charge in [0.05, 0.1) is 24.7 Å². The SMILES string of the molecule is [C-]#[N+]c1ccc(N2C[C@@H](C)O[C@@H](C(=O)O)C2)c2cccnc12. The van der Waals surface area contributed by atoms with E-state index in [0.29, 0.717) is 17.7 Å². The summed E-state index contributed by atoms with van der Waals surface area (Å²) in [5.41, 5.74) is 2.02. The summed E-state index contributed by atoms with van der Waals surface area (Å²) in [7, 11) is 0. The van der Waals surface area contributed by atoms with Gasteiger partial charge in [0.1, 0.15) is 0 Å². The van der Waals surface area contributed by atoms with Crippen LogP contribution in [0.25, 0.3) is 15.7 Å². The maximum absolute atomic E-state index is 11.2. The van der Waals surface area contributed by atoms with Crippen molar-refractivity contribution < 1.29 is 14.6 Å². The number of anilines is 1. The second kappa shape index (κ2) is 5.62. The van der Waals surface area contributed by atoms with E-state index in [9.17, 15) is 9.90 Å². The minimum atomic E-state index is -0.961. The van der Waals surface area contributed by atoms with Crippen LogP contribution in [-0.4, -0.2) is 41.4 Å². The lowest BCUT2D eigenvalue weighted by Gasteiger charge is -2.37. The van der Waals surface area contributed by atoms with Gasteiger partial charge >= 0.3 is 5.97 Å². The molecular formula is C16H15N3O3. The molecule has 112 valence electrons. The zero-order chi connectivity index (χ0) is 15.7. The second-order valence-corrected chi connectivity index (χ2v) is 5.29. The molecular weight excluding hydrogens is 282 g/mol. The molecule has 2 aromatic rings. The molecule has 22 heavy (non-hydrogen) atoms. The summed E-state index contributed by atoms with van der Waals surface area (Å²) in [6.07, 6.45) is 0.626. The quantitative estimate of drug-likeness (QED) is 0.862. The maximum atomic E-state index is 11.2. The zero-order valence-corrected chi connectivity index (χ0v) is 12.1. The van der Waals surface area contributed by atoms with Crippen molar-refractivity contribution in [3.63, 3.8) is 0 Å². The average molecular weight is 297 g/mol. The van der Waals surface area contributed by atoms with Crippen LogP contribution >= 0.6 is 0 Å². The third kappa shape index (κ3) is 2.47. The van der Waals surface area contributed by atoms with E-state index in [-0.39, 0.29) is 12.6 Å². The molecule has 1 saturated heterocycles. The Kier molecular flexibility index (Phi) is 3.65. The zero-order valence-electron chi connectivity index (χ0n) is 12.1. The molecule has 0 bridgehead atoms. The predicted molar refractivity (Wildman–Crippen MR) is 82.2 cm³/mol. The highest BCUT2D eigenvalue weighted by molar-refractivity contribution is 5.99. The minimum Gasteiger partial charge on any atom is -0.479 e. The van der Waals surface area contributed by atoms with Gasteiger partial charge in [-0.25, -0.2) is 9.64 Å². The molecule has 0 amide bonds. The number of carboxylic acids is 1. The number of aliphatic carboxylic acids is 1.